The zero-order valence-corrected chi connectivity index (χ0v) is 18.4. The maximum atomic E-state index is 11.6. The number of aliphatic imine (C=N–C) groups is 1. The normalized spacial score (nSPS) is 15.4. The van der Waals surface area contributed by atoms with Crippen LogP contribution in [0.1, 0.15) is 30.5 Å². The van der Waals surface area contributed by atoms with E-state index < -0.39 is 0 Å². The maximum Gasteiger partial charge on any atom is 0.220 e. The lowest BCUT2D eigenvalue weighted by molar-refractivity contribution is -0.121. The number of nitrogens with one attached hydrogen (secondary N) is 2. The van der Waals surface area contributed by atoms with Crippen LogP contribution in [0.4, 0.5) is 0 Å². The molecule has 0 spiro atoms. The van der Waals surface area contributed by atoms with Gasteiger partial charge in [-0.3, -0.25) is 9.79 Å². The fourth-order valence-corrected chi connectivity index (χ4v) is 4.46. The fourth-order valence-electron chi connectivity index (χ4n) is 3.60. The van der Waals surface area contributed by atoms with Gasteiger partial charge in [-0.2, -0.15) is 0 Å². The number of hydrogen-bond acceptors (Lipinski definition) is 4. The van der Waals surface area contributed by atoms with Crippen molar-refractivity contribution in [2.45, 2.75) is 32.6 Å². The molecule has 2 N–H and O–H groups in total. The van der Waals surface area contributed by atoms with Gasteiger partial charge < -0.3 is 15.5 Å². The summed E-state index contributed by atoms with van der Waals surface area (Å²) in [6.45, 7) is 4.78. The third kappa shape index (κ3) is 6.03. The van der Waals surface area contributed by atoms with Crippen molar-refractivity contribution in [1.82, 2.24) is 20.5 Å². The molecule has 0 radical (unpaired) electrons. The molecule has 1 fully saturated rings. The molecule has 29 heavy (non-hydrogen) atoms. The Labute approximate surface area is 177 Å². The Bertz CT molecular complexity index is 822. The molecule has 0 atom stereocenters. The van der Waals surface area contributed by atoms with Gasteiger partial charge in [-0.15, -0.1) is 11.3 Å². The summed E-state index contributed by atoms with van der Waals surface area (Å²) in [5, 5.41) is 9.41. The first kappa shape index (κ1) is 21.3. The van der Waals surface area contributed by atoms with Crippen LogP contribution in [-0.2, 0) is 11.2 Å². The van der Waals surface area contributed by atoms with E-state index >= 15 is 0 Å². The van der Waals surface area contributed by atoms with Gasteiger partial charge in [0, 0.05) is 57.5 Å². The third-order valence-corrected chi connectivity index (χ3v) is 6.33. The summed E-state index contributed by atoms with van der Waals surface area (Å²) in [5.74, 6) is 1.55. The van der Waals surface area contributed by atoms with E-state index in [1.54, 1.807) is 18.4 Å². The Hall–Kier alpha value is -2.41. The van der Waals surface area contributed by atoms with Gasteiger partial charge in [-0.05, 0) is 25.7 Å². The van der Waals surface area contributed by atoms with Crippen LogP contribution in [0.3, 0.4) is 0 Å². The topological polar surface area (TPSA) is 69.6 Å². The Balaban J connectivity index is 1.45. The second kappa shape index (κ2) is 10.4. The molecular formula is C22H31N5OS. The van der Waals surface area contributed by atoms with E-state index in [4.69, 9.17) is 4.98 Å². The predicted octanol–water partition coefficient (Wildman–Crippen LogP) is 3.08. The number of carbonyl (C=O) groups excluding carboxylic acids is 1. The van der Waals surface area contributed by atoms with E-state index in [2.05, 4.69) is 57.1 Å². The van der Waals surface area contributed by atoms with Gasteiger partial charge in [0.15, 0.2) is 5.96 Å². The molecular weight excluding hydrogens is 382 g/mol. The third-order valence-electron chi connectivity index (χ3n) is 5.39. The minimum Gasteiger partial charge on any atom is -0.359 e. The number of rotatable bonds is 6. The number of carbonyl (C=O) groups is 1. The van der Waals surface area contributed by atoms with Gasteiger partial charge in [-0.25, -0.2) is 4.98 Å². The summed E-state index contributed by atoms with van der Waals surface area (Å²) >= 11 is 1.70. The van der Waals surface area contributed by atoms with Crippen LogP contribution in [-0.4, -0.2) is 55.5 Å². The highest BCUT2D eigenvalue weighted by molar-refractivity contribution is 7.13. The zero-order valence-electron chi connectivity index (χ0n) is 17.6. The standard InChI is InChI=1S/C22H31N5OS/c1-16-4-6-18(7-5-16)21-26-19(15-29-21)8-11-25-22(24-3)27-12-9-17(10-13-27)14-20(28)23-2/h4-7,15,17H,8-14H2,1-3H3,(H,23,28)(H,24,25). The minimum absolute atomic E-state index is 0.138. The lowest BCUT2D eigenvalue weighted by Gasteiger charge is -2.34. The largest absolute Gasteiger partial charge is 0.359 e. The second-order valence-corrected chi connectivity index (χ2v) is 8.40. The fraction of sp³-hybridized carbons (Fsp3) is 0.500. The van der Waals surface area contributed by atoms with Crippen molar-refractivity contribution in [3.63, 3.8) is 0 Å². The van der Waals surface area contributed by atoms with Gasteiger partial charge in [0.1, 0.15) is 5.01 Å². The first-order valence-corrected chi connectivity index (χ1v) is 11.1. The molecule has 1 aliphatic heterocycles. The number of likely N-dealkylation sites (tertiary alicyclic amines) is 1. The molecule has 2 aromatic rings. The van der Waals surface area contributed by atoms with Crippen molar-refractivity contribution < 1.29 is 4.79 Å². The summed E-state index contributed by atoms with van der Waals surface area (Å²) in [7, 11) is 3.53. The molecule has 6 nitrogen and oxygen atoms in total. The summed E-state index contributed by atoms with van der Waals surface area (Å²) in [4.78, 5) is 23.1. The van der Waals surface area contributed by atoms with Crippen molar-refractivity contribution in [3.05, 3.63) is 40.9 Å². The molecule has 2 heterocycles. The van der Waals surface area contributed by atoms with Crippen molar-refractivity contribution in [1.29, 1.82) is 0 Å². The zero-order chi connectivity index (χ0) is 20.6. The number of hydrogen-bond donors (Lipinski definition) is 2. The van der Waals surface area contributed by atoms with Gasteiger partial charge in [-0.1, -0.05) is 29.8 Å². The smallest absolute Gasteiger partial charge is 0.220 e. The van der Waals surface area contributed by atoms with Gasteiger partial charge in [0.05, 0.1) is 5.69 Å². The maximum absolute atomic E-state index is 11.6. The number of amides is 1. The van der Waals surface area contributed by atoms with E-state index in [1.807, 2.05) is 7.05 Å². The first-order valence-electron chi connectivity index (χ1n) is 10.3. The quantitative estimate of drug-likeness (QED) is 0.564. The number of piperidine rings is 1. The van der Waals surface area contributed by atoms with Crippen molar-refractivity contribution in [2.75, 3.05) is 33.7 Å². The molecule has 3 rings (SSSR count). The molecule has 1 aromatic carbocycles. The Morgan fingerprint density at radius 2 is 2.00 bits per heavy atom. The van der Waals surface area contributed by atoms with Gasteiger partial charge in [0.25, 0.3) is 0 Å². The molecule has 7 heteroatoms. The molecule has 0 aliphatic carbocycles. The minimum atomic E-state index is 0.138. The van der Waals surface area contributed by atoms with Crippen molar-refractivity contribution in [2.24, 2.45) is 10.9 Å². The highest BCUT2D eigenvalue weighted by Crippen LogP contribution is 2.24. The SMILES string of the molecule is CN=C(NCCc1csc(-c2ccc(C)cc2)n1)N1CCC(CC(=O)NC)CC1. The average Bonchev–Trinajstić information content (AvgIpc) is 3.21. The number of benzene rings is 1. The van der Waals surface area contributed by atoms with Crippen LogP contribution in [0.5, 0.6) is 0 Å². The summed E-state index contributed by atoms with van der Waals surface area (Å²) in [6.07, 6.45) is 3.55. The Kier molecular flexibility index (Phi) is 7.63. The van der Waals surface area contributed by atoms with Crippen molar-refractivity contribution in [3.8, 4) is 10.6 Å². The van der Waals surface area contributed by atoms with Gasteiger partial charge in [0.2, 0.25) is 5.91 Å². The summed E-state index contributed by atoms with van der Waals surface area (Å²) in [5.41, 5.74) is 3.55. The van der Waals surface area contributed by atoms with E-state index in [-0.39, 0.29) is 5.91 Å². The number of nitrogens with zero attached hydrogens (tertiary/aromatic N) is 3. The lowest BCUT2D eigenvalue weighted by atomic mass is 9.93. The molecule has 0 bridgehead atoms. The molecule has 1 amide bonds. The van der Waals surface area contributed by atoms with Crippen LogP contribution in [0.25, 0.3) is 10.6 Å². The molecule has 1 saturated heterocycles. The predicted molar refractivity (Wildman–Crippen MR) is 120 cm³/mol. The second-order valence-electron chi connectivity index (χ2n) is 7.54. The number of aryl methyl sites for hydroxylation is 1. The first-order chi connectivity index (χ1) is 14.1. The van der Waals surface area contributed by atoms with Crippen LogP contribution < -0.4 is 10.6 Å². The molecule has 1 aromatic heterocycles. The molecule has 1 aliphatic rings. The number of guanidine groups is 1. The summed E-state index contributed by atoms with van der Waals surface area (Å²) < 4.78 is 0. The summed E-state index contributed by atoms with van der Waals surface area (Å²) in [6, 6.07) is 8.51. The van der Waals surface area contributed by atoms with Crippen LogP contribution in [0.2, 0.25) is 0 Å². The molecule has 156 valence electrons. The average molecular weight is 414 g/mol. The van der Waals surface area contributed by atoms with Crippen LogP contribution >= 0.6 is 11.3 Å². The van der Waals surface area contributed by atoms with E-state index in [0.29, 0.717) is 12.3 Å². The Morgan fingerprint density at radius 3 is 2.66 bits per heavy atom. The van der Waals surface area contributed by atoms with E-state index in [9.17, 15) is 4.79 Å². The van der Waals surface area contributed by atoms with Gasteiger partial charge >= 0.3 is 0 Å². The Morgan fingerprint density at radius 1 is 1.28 bits per heavy atom. The van der Waals surface area contributed by atoms with E-state index in [0.717, 1.165) is 55.6 Å². The number of aromatic nitrogens is 1. The molecule has 0 unspecified atom stereocenters. The highest BCUT2D eigenvalue weighted by Gasteiger charge is 2.23. The monoisotopic (exact) mass is 413 g/mol. The number of thiazole rings is 1. The van der Waals surface area contributed by atoms with Crippen LogP contribution in [0.15, 0.2) is 34.6 Å². The van der Waals surface area contributed by atoms with Crippen LogP contribution in [0, 0.1) is 12.8 Å². The van der Waals surface area contributed by atoms with E-state index in [1.165, 1.54) is 11.1 Å². The van der Waals surface area contributed by atoms with Crippen molar-refractivity contribution >= 4 is 23.2 Å². The lowest BCUT2D eigenvalue weighted by Crippen LogP contribution is -2.46. The highest BCUT2D eigenvalue weighted by atomic mass is 32.1. The molecule has 0 saturated carbocycles.